The molecule has 0 aliphatic heterocycles. The number of carboxylic acids is 1. The molecule has 5 nitrogen and oxygen atoms in total. The van der Waals surface area contributed by atoms with E-state index >= 15 is 0 Å². The summed E-state index contributed by atoms with van der Waals surface area (Å²) in [7, 11) is 1.58. The average molecular weight is 394 g/mol. The van der Waals surface area contributed by atoms with E-state index in [4.69, 9.17) is 14.6 Å². The lowest BCUT2D eigenvalue weighted by atomic mass is 10.1. The highest BCUT2D eigenvalue weighted by Crippen LogP contribution is 2.34. The van der Waals surface area contributed by atoms with Crippen LogP contribution in [0.4, 0.5) is 0 Å². The molecule has 0 saturated heterocycles. The molecule has 2 aromatic rings. The minimum Gasteiger partial charge on any atom is -0.493 e. The lowest BCUT2D eigenvalue weighted by Gasteiger charge is -2.15. The van der Waals surface area contributed by atoms with Gasteiger partial charge in [0.2, 0.25) is 0 Å². The Hall–Kier alpha value is -2.05. The number of aryl methyl sites for hydroxylation is 1. The number of benzene rings is 2. The van der Waals surface area contributed by atoms with E-state index < -0.39 is 5.97 Å². The van der Waals surface area contributed by atoms with Crippen molar-refractivity contribution in [1.29, 1.82) is 0 Å². The summed E-state index contributed by atoms with van der Waals surface area (Å²) in [5.74, 6) is 0.352. The van der Waals surface area contributed by atoms with Crippen LogP contribution in [0.2, 0.25) is 0 Å². The fraction of sp³-hybridized carbons (Fsp3) is 0.278. The van der Waals surface area contributed by atoms with Crippen LogP contribution in [-0.2, 0) is 17.9 Å². The first-order valence-electron chi connectivity index (χ1n) is 7.47. The molecule has 0 unspecified atom stereocenters. The smallest absolute Gasteiger partial charge is 0.317 e. The van der Waals surface area contributed by atoms with Gasteiger partial charge < -0.3 is 19.9 Å². The van der Waals surface area contributed by atoms with E-state index in [0.29, 0.717) is 24.7 Å². The number of rotatable bonds is 8. The van der Waals surface area contributed by atoms with Crippen LogP contribution in [-0.4, -0.2) is 24.7 Å². The third-order valence-electron chi connectivity index (χ3n) is 3.57. The maximum atomic E-state index is 10.6. The van der Waals surface area contributed by atoms with Gasteiger partial charge in [0, 0.05) is 11.0 Å². The van der Waals surface area contributed by atoms with Gasteiger partial charge in [0.1, 0.15) is 6.61 Å². The molecule has 24 heavy (non-hydrogen) atoms. The first-order valence-corrected chi connectivity index (χ1v) is 8.26. The van der Waals surface area contributed by atoms with Gasteiger partial charge in [-0.05, 0) is 35.7 Å². The van der Waals surface area contributed by atoms with Crippen molar-refractivity contribution in [3.8, 4) is 11.5 Å². The fourth-order valence-electron chi connectivity index (χ4n) is 2.22. The van der Waals surface area contributed by atoms with Crippen LogP contribution >= 0.6 is 15.9 Å². The molecule has 0 heterocycles. The van der Waals surface area contributed by atoms with E-state index in [-0.39, 0.29) is 6.54 Å². The van der Waals surface area contributed by atoms with E-state index in [2.05, 4.69) is 21.2 Å². The fourth-order valence-corrected chi connectivity index (χ4v) is 2.68. The number of ether oxygens (including phenoxy) is 2. The van der Waals surface area contributed by atoms with E-state index in [0.717, 1.165) is 15.6 Å². The molecule has 0 aromatic heterocycles. The maximum Gasteiger partial charge on any atom is 0.317 e. The SMILES string of the molecule is COc1cc(CNCC(=O)O)c(Br)cc1OCc1ccccc1C. The summed E-state index contributed by atoms with van der Waals surface area (Å²) < 4.78 is 12.1. The largest absolute Gasteiger partial charge is 0.493 e. The summed E-state index contributed by atoms with van der Waals surface area (Å²) in [5.41, 5.74) is 3.18. The number of hydrogen-bond acceptors (Lipinski definition) is 4. The van der Waals surface area contributed by atoms with Gasteiger partial charge in [-0.1, -0.05) is 40.2 Å². The minimum atomic E-state index is -0.892. The van der Waals surface area contributed by atoms with Gasteiger partial charge in [0.05, 0.1) is 13.7 Å². The number of aliphatic carboxylic acids is 1. The second kappa shape index (κ2) is 8.70. The van der Waals surface area contributed by atoms with Gasteiger partial charge in [-0.15, -0.1) is 0 Å². The van der Waals surface area contributed by atoms with Gasteiger partial charge in [-0.3, -0.25) is 4.79 Å². The summed E-state index contributed by atoms with van der Waals surface area (Å²) in [6, 6.07) is 11.7. The van der Waals surface area contributed by atoms with E-state index in [1.54, 1.807) is 7.11 Å². The summed E-state index contributed by atoms with van der Waals surface area (Å²) in [6.07, 6.45) is 0. The van der Waals surface area contributed by atoms with Crippen LogP contribution in [0.1, 0.15) is 16.7 Å². The number of hydrogen-bond donors (Lipinski definition) is 2. The zero-order valence-electron chi connectivity index (χ0n) is 13.6. The first kappa shape index (κ1) is 18.3. The number of halogens is 1. The van der Waals surface area contributed by atoms with Crippen LogP contribution < -0.4 is 14.8 Å². The molecule has 0 saturated carbocycles. The lowest BCUT2D eigenvalue weighted by Crippen LogP contribution is -2.22. The van der Waals surface area contributed by atoms with Crippen LogP contribution in [0.25, 0.3) is 0 Å². The molecule has 0 atom stereocenters. The molecule has 0 aliphatic carbocycles. The predicted molar refractivity (Wildman–Crippen MR) is 95.5 cm³/mol. The van der Waals surface area contributed by atoms with Gasteiger partial charge in [0.25, 0.3) is 0 Å². The molecule has 128 valence electrons. The second-order valence-electron chi connectivity index (χ2n) is 5.31. The van der Waals surface area contributed by atoms with Crippen molar-refractivity contribution in [2.75, 3.05) is 13.7 Å². The number of methoxy groups -OCH3 is 1. The highest BCUT2D eigenvalue weighted by Gasteiger charge is 2.11. The van der Waals surface area contributed by atoms with Gasteiger partial charge in [-0.2, -0.15) is 0 Å². The Morgan fingerprint density at radius 1 is 1.21 bits per heavy atom. The Kier molecular flexibility index (Phi) is 6.63. The topological polar surface area (TPSA) is 67.8 Å². The highest BCUT2D eigenvalue weighted by molar-refractivity contribution is 9.10. The van der Waals surface area contributed by atoms with Crippen molar-refractivity contribution in [1.82, 2.24) is 5.32 Å². The van der Waals surface area contributed by atoms with Gasteiger partial charge in [0.15, 0.2) is 11.5 Å². The number of carbonyl (C=O) groups is 1. The van der Waals surface area contributed by atoms with E-state index in [9.17, 15) is 4.79 Å². The average Bonchev–Trinajstić information content (AvgIpc) is 2.55. The molecule has 0 bridgehead atoms. The lowest BCUT2D eigenvalue weighted by molar-refractivity contribution is -0.135. The molecule has 0 amide bonds. The van der Waals surface area contributed by atoms with Crippen LogP contribution in [0.5, 0.6) is 11.5 Å². The molecule has 0 spiro atoms. The predicted octanol–water partition coefficient (Wildman–Crippen LogP) is 3.52. The quantitative estimate of drug-likeness (QED) is 0.717. The minimum absolute atomic E-state index is 0.0969. The van der Waals surface area contributed by atoms with Gasteiger partial charge in [-0.25, -0.2) is 0 Å². The summed E-state index contributed by atoms with van der Waals surface area (Å²) in [4.78, 5) is 10.6. The Bertz CT molecular complexity index is 718. The zero-order chi connectivity index (χ0) is 17.5. The van der Waals surface area contributed by atoms with E-state index in [1.165, 1.54) is 5.56 Å². The van der Waals surface area contributed by atoms with Crippen molar-refractivity contribution in [3.63, 3.8) is 0 Å². The Morgan fingerprint density at radius 3 is 2.62 bits per heavy atom. The maximum absolute atomic E-state index is 10.6. The van der Waals surface area contributed by atoms with Crippen molar-refractivity contribution in [2.45, 2.75) is 20.1 Å². The van der Waals surface area contributed by atoms with Crippen LogP contribution in [0.3, 0.4) is 0 Å². The molecule has 0 radical (unpaired) electrons. The van der Waals surface area contributed by atoms with Crippen LogP contribution in [0.15, 0.2) is 40.9 Å². The third-order valence-corrected chi connectivity index (χ3v) is 4.31. The molecule has 2 aromatic carbocycles. The molecule has 6 heteroatoms. The molecule has 0 aliphatic rings. The Morgan fingerprint density at radius 2 is 1.96 bits per heavy atom. The Labute approximate surface area is 149 Å². The zero-order valence-corrected chi connectivity index (χ0v) is 15.2. The first-order chi connectivity index (χ1) is 11.5. The normalized spacial score (nSPS) is 10.5. The van der Waals surface area contributed by atoms with Crippen molar-refractivity contribution < 1.29 is 19.4 Å². The van der Waals surface area contributed by atoms with Crippen molar-refractivity contribution >= 4 is 21.9 Å². The monoisotopic (exact) mass is 393 g/mol. The highest BCUT2D eigenvalue weighted by atomic mass is 79.9. The van der Waals surface area contributed by atoms with Crippen molar-refractivity contribution in [3.05, 3.63) is 57.6 Å². The molecular formula is C18H20BrNO4. The standard InChI is InChI=1S/C18H20BrNO4/c1-12-5-3-4-6-13(12)11-24-17-8-15(19)14(7-16(17)23-2)9-20-10-18(21)22/h3-8,20H,9-11H2,1-2H3,(H,21,22). The summed E-state index contributed by atoms with van der Waals surface area (Å²) >= 11 is 3.50. The van der Waals surface area contributed by atoms with Crippen molar-refractivity contribution in [2.24, 2.45) is 0 Å². The summed E-state index contributed by atoms with van der Waals surface area (Å²) in [5, 5.41) is 11.5. The van der Waals surface area contributed by atoms with E-state index in [1.807, 2.05) is 43.3 Å². The van der Waals surface area contributed by atoms with Gasteiger partial charge >= 0.3 is 5.97 Å². The molecule has 2 N–H and O–H groups in total. The second-order valence-corrected chi connectivity index (χ2v) is 6.16. The third kappa shape index (κ3) is 4.97. The molecule has 0 fully saturated rings. The number of carboxylic acid groups (broad SMARTS) is 1. The molecular weight excluding hydrogens is 374 g/mol. The summed E-state index contributed by atoms with van der Waals surface area (Å²) in [6.45, 7) is 2.82. The van der Waals surface area contributed by atoms with Crippen LogP contribution in [0, 0.1) is 6.92 Å². The molecule has 2 rings (SSSR count). The Balaban J connectivity index is 2.11. The number of nitrogens with one attached hydrogen (secondary N) is 1.